The zero-order valence-electron chi connectivity index (χ0n) is 12.2. The molecule has 0 spiro atoms. The van der Waals surface area contributed by atoms with E-state index in [2.05, 4.69) is 0 Å². The Balaban J connectivity index is 2.11. The lowest BCUT2D eigenvalue weighted by Crippen LogP contribution is -2.43. The average molecular weight is 300 g/mol. The van der Waals surface area contributed by atoms with Crippen LogP contribution in [0, 0.1) is 6.92 Å². The highest BCUT2D eigenvalue weighted by Crippen LogP contribution is 2.37. The lowest BCUT2D eigenvalue weighted by Gasteiger charge is -2.34. The fourth-order valence-corrected chi connectivity index (χ4v) is 2.74. The lowest BCUT2D eigenvalue weighted by atomic mass is 9.89. The van der Waals surface area contributed by atoms with Gasteiger partial charge in [-0.25, -0.2) is 0 Å². The molecule has 1 aliphatic heterocycles. The number of aliphatic hydroxyl groups excluding tert-OH is 2. The van der Waals surface area contributed by atoms with Gasteiger partial charge < -0.3 is 19.7 Å². The summed E-state index contributed by atoms with van der Waals surface area (Å²) in [7, 11) is 1.39. The minimum Gasteiger partial charge on any atom is -0.507 e. The Kier molecular flexibility index (Phi) is 3.50. The van der Waals surface area contributed by atoms with Crippen molar-refractivity contribution in [1.29, 1.82) is 0 Å². The predicted octanol–water partition coefficient (Wildman–Crippen LogP) is 2.59. The van der Waals surface area contributed by atoms with Crippen molar-refractivity contribution in [1.82, 2.24) is 0 Å². The summed E-state index contributed by atoms with van der Waals surface area (Å²) in [6.07, 6.45) is 0.718. The molecule has 1 aromatic rings. The molecule has 0 amide bonds. The van der Waals surface area contributed by atoms with Crippen molar-refractivity contribution >= 4 is 11.5 Å². The first-order valence-electron chi connectivity index (χ1n) is 6.88. The highest BCUT2D eigenvalue weighted by Gasteiger charge is 2.42. The van der Waals surface area contributed by atoms with Gasteiger partial charge in [0.25, 0.3) is 0 Å². The van der Waals surface area contributed by atoms with E-state index in [9.17, 15) is 15.0 Å². The van der Waals surface area contributed by atoms with Gasteiger partial charge in [0.2, 0.25) is 0 Å². The van der Waals surface area contributed by atoms with Gasteiger partial charge in [-0.15, -0.1) is 0 Å². The van der Waals surface area contributed by atoms with Crippen molar-refractivity contribution in [3.63, 3.8) is 0 Å². The second-order valence-corrected chi connectivity index (χ2v) is 5.25. The highest BCUT2D eigenvalue weighted by molar-refractivity contribution is 5.97. The van der Waals surface area contributed by atoms with Gasteiger partial charge in [-0.05, 0) is 12.5 Å². The van der Waals surface area contributed by atoms with Crippen LogP contribution in [0.5, 0.6) is 0 Å². The van der Waals surface area contributed by atoms with Gasteiger partial charge in [0.15, 0.2) is 18.0 Å². The highest BCUT2D eigenvalue weighted by atomic mass is 16.5. The van der Waals surface area contributed by atoms with Crippen LogP contribution in [0.2, 0.25) is 0 Å². The number of carbonyl (C=O) groups excluding carboxylic acids is 1. The van der Waals surface area contributed by atoms with Crippen LogP contribution >= 0.6 is 0 Å². The predicted molar refractivity (Wildman–Crippen MR) is 80.2 cm³/mol. The summed E-state index contributed by atoms with van der Waals surface area (Å²) < 4.78 is 11.0. The number of carbonyl (C=O) groups is 1. The molecule has 0 saturated carbocycles. The fraction of sp³-hybridized carbons (Fsp3) is 0.235. The molecule has 0 saturated heterocycles. The first-order chi connectivity index (χ1) is 10.5. The SMILES string of the molecule is COC1C(=O)C=C(O)C2=C(O)C=C(c3ccccc3C)O[C@H]21. The van der Waals surface area contributed by atoms with E-state index in [0.29, 0.717) is 5.76 Å². The number of fused-ring (bicyclic) bond motifs is 1. The van der Waals surface area contributed by atoms with Crippen LogP contribution in [0.4, 0.5) is 0 Å². The molecule has 5 heteroatoms. The molecule has 2 atom stereocenters. The molecule has 1 aromatic carbocycles. The molecule has 3 rings (SSSR count). The van der Waals surface area contributed by atoms with Gasteiger partial charge in [-0.1, -0.05) is 24.3 Å². The third kappa shape index (κ3) is 2.19. The van der Waals surface area contributed by atoms with Gasteiger partial charge in [0.05, 0.1) is 5.57 Å². The molecule has 2 aliphatic rings. The zero-order chi connectivity index (χ0) is 15.9. The quantitative estimate of drug-likeness (QED) is 0.878. The monoisotopic (exact) mass is 300 g/mol. The Hall–Kier alpha value is -2.53. The largest absolute Gasteiger partial charge is 0.507 e. The van der Waals surface area contributed by atoms with Crippen molar-refractivity contribution in [3.8, 4) is 0 Å². The van der Waals surface area contributed by atoms with Gasteiger partial charge in [-0.3, -0.25) is 4.79 Å². The third-order valence-corrected chi connectivity index (χ3v) is 3.86. The maximum Gasteiger partial charge on any atom is 0.192 e. The topological polar surface area (TPSA) is 76.0 Å². The van der Waals surface area contributed by atoms with Crippen LogP contribution < -0.4 is 0 Å². The summed E-state index contributed by atoms with van der Waals surface area (Å²) in [6.45, 7) is 1.92. The Bertz CT molecular complexity index is 726. The molecular weight excluding hydrogens is 284 g/mol. The van der Waals surface area contributed by atoms with Crippen LogP contribution in [0.1, 0.15) is 11.1 Å². The number of hydrogen-bond acceptors (Lipinski definition) is 5. The van der Waals surface area contributed by atoms with E-state index in [-0.39, 0.29) is 17.1 Å². The first-order valence-corrected chi connectivity index (χ1v) is 6.88. The summed E-state index contributed by atoms with van der Waals surface area (Å²) in [5.74, 6) is -0.375. The van der Waals surface area contributed by atoms with Gasteiger partial charge in [0, 0.05) is 24.8 Å². The van der Waals surface area contributed by atoms with Crippen molar-refractivity contribution < 1.29 is 24.5 Å². The summed E-state index contributed by atoms with van der Waals surface area (Å²) in [5.41, 5.74) is 1.95. The minimum absolute atomic E-state index is 0.127. The summed E-state index contributed by atoms with van der Waals surface area (Å²) in [4.78, 5) is 11.9. The van der Waals surface area contributed by atoms with Crippen LogP contribution in [0.25, 0.3) is 5.76 Å². The van der Waals surface area contributed by atoms with E-state index in [1.807, 2.05) is 31.2 Å². The number of aliphatic hydroxyl groups is 2. The van der Waals surface area contributed by atoms with Crippen LogP contribution in [-0.4, -0.2) is 35.3 Å². The second-order valence-electron chi connectivity index (χ2n) is 5.25. The molecule has 0 radical (unpaired) electrons. The fourth-order valence-electron chi connectivity index (χ4n) is 2.74. The number of aryl methyl sites for hydroxylation is 1. The molecule has 2 N–H and O–H groups in total. The number of allylic oxidation sites excluding steroid dienone is 1. The molecular formula is C17H16O5. The standard InChI is InChI=1S/C17H16O5/c1-9-5-3-4-6-10(9)14-8-12(19)15-11(18)7-13(20)16(21-2)17(15)22-14/h3-8,16-19H,1-2H3/t16?,17-/m1/s1. The molecule has 0 bridgehead atoms. The third-order valence-electron chi connectivity index (χ3n) is 3.86. The average Bonchev–Trinajstić information content (AvgIpc) is 2.47. The number of hydrogen-bond donors (Lipinski definition) is 2. The van der Waals surface area contributed by atoms with E-state index < -0.39 is 18.0 Å². The molecule has 0 fully saturated rings. The van der Waals surface area contributed by atoms with Crippen molar-refractivity contribution in [2.24, 2.45) is 0 Å². The number of ketones is 1. The van der Waals surface area contributed by atoms with Crippen molar-refractivity contribution in [3.05, 3.63) is 64.6 Å². The van der Waals surface area contributed by atoms with Gasteiger partial charge >= 0.3 is 0 Å². The Labute approximate surface area is 127 Å². The van der Waals surface area contributed by atoms with E-state index >= 15 is 0 Å². The van der Waals surface area contributed by atoms with Crippen LogP contribution in [0.15, 0.2) is 53.5 Å². The molecule has 5 nitrogen and oxygen atoms in total. The van der Waals surface area contributed by atoms with Crippen LogP contribution in [0.3, 0.4) is 0 Å². The summed E-state index contributed by atoms with van der Waals surface area (Å²) in [5, 5.41) is 20.2. The maximum absolute atomic E-state index is 11.9. The summed E-state index contributed by atoms with van der Waals surface area (Å²) >= 11 is 0. The van der Waals surface area contributed by atoms with E-state index in [1.165, 1.54) is 13.2 Å². The smallest absolute Gasteiger partial charge is 0.192 e. The summed E-state index contributed by atoms with van der Waals surface area (Å²) in [6, 6.07) is 7.55. The van der Waals surface area contributed by atoms with Crippen molar-refractivity contribution in [2.75, 3.05) is 7.11 Å². The molecule has 114 valence electrons. The minimum atomic E-state index is -0.902. The zero-order valence-corrected chi connectivity index (χ0v) is 12.2. The molecule has 1 unspecified atom stereocenters. The lowest BCUT2D eigenvalue weighted by molar-refractivity contribution is -0.130. The van der Waals surface area contributed by atoms with Gasteiger partial charge in [-0.2, -0.15) is 0 Å². The first kappa shape index (κ1) is 14.4. The van der Waals surface area contributed by atoms with E-state index in [0.717, 1.165) is 17.2 Å². The molecule has 0 aromatic heterocycles. The maximum atomic E-state index is 11.9. The van der Waals surface area contributed by atoms with Crippen LogP contribution in [-0.2, 0) is 14.3 Å². The normalized spacial score (nSPS) is 24.4. The number of rotatable bonds is 2. The molecule has 1 aliphatic carbocycles. The van der Waals surface area contributed by atoms with Gasteiger partial charge in [0.1, 0.15) is 17.3 Å². The van der Waals surface area contributed by atoms with E-state index in [1.54, 1.807) is 0 Å². The Morgan fingerprint density at radius 2 is 1.91 bits per heavy atom. The molecule has 22 heavy (non-hydrogen) atoms. The Morgan fingerprint density at radius 1 is 1.18 bits per heavy atom. The molecule has 1 heterocycles. The number of benzene rings is 1. The second kappa shape index (κ2) is 5.35. The number of ether oxygens (including phenoxy) is 2. The van der Waals surface area contributed by atoms with Crippen molar-refractivity contribution in [2.45, 2.75) is 19.1 Å². The number of methoxy groups -OCH3 is 1. The van der Waals surface area contributed by atoms with E-state index in [4.69, 9.17) is 9.47 Å². The Morgan fingerprint density at radius 3 is 2.59 bits per heavy atom.